The Morgan fingerprint density at radius 1 is 1.33 bits per heavy atom. The van der Waals surface area contributed by atoms with Crippen molar-refractivity contribution in [1.29, 1.82) is 0 Å². The molecule has 0 aliphatic carbocycles. The van der Waals surface area contributed by atoms with E-state index in [1.807, 2.05) is 0 Å². The Labute approximate surface area is 91.9 Å². The molecule has 15 heavy (non-hydrogen) atoms. The van der Waals surface area contributed by atoms with Crippen LogP contribution in [0.4, 0.5) is 0 Å². The van der Waals surface area contributed by atoms with Crippen molar-refractivity contribution >= 4 is 0 Å². The monoisotopic (exact) mass is 213 g/mol. The second kappa shape index (κ2) is 5.23. The number of hydrogen-bond donors (Lipinski definition) is 4. The normalized spacial score (nSPS) is 33.8. The highest BCUT2D eigenvalue weighted by Gasteiger charge is 2.26. The predicted molar refractivity (Wildman–Crippen MR) is 60.9 cm³/mol. The lowest BCUT2D eigenvalue weighted by atomic mass is 10.0. The highest BCUT2D eigenvalue weighted by atomic mass is 15.6. The summed E-state index contributed by atoms with van der Waals surface area (Å²) in [5.74, 6) is 0. The number of hydrogen-bond acceptors (Lipinski definition) is 5. The molecule has 0 radical (unpaired) electrons. The Morgan fingerprint density at radius 2 is 2.20 bits per heavy atom. The fourth-order valence-corrected chi connectivity index (χ4v) is 2.33. The van der Waals surface area contributed by atoms with E-state index in [2.05, 4.69) is 40.2 Å². The first-order valence-corrected chi connectivity index (χ1v) is 5.96. The molecule has 2 unspecified atom stereocenters. The number of piperidine rings is 1. The zero-order valence-corrected chi connectivity index (χ0v) is 9.71. The maximum Gasteiger partial charge on any atom is 0.0749 e. The van der Waals surface area contributed by atoms with Gasteiger partial charge < -0.3 is 5.32 Å². The van der Waals surface area contributed by atoms with Crippen molar-refractivity contribution in [2.75, 3.05) is 19.9 Å². The lowest BCUT2D eigenvalue weighted by Gasteiger charge is -2.35. The van der Waals surface area contributed by atoms with Crippen LogP contribution in [0.5, 0.6) is 0 Å². The first-order chi connectivity index (χ1) is 7.25. The second-order valence-electron chi connectivity index (χ2n) is 4.73. The zero-order chi connectivity index (χ0) is 10.7. The molecule has 0 amide bonds. The third-order valence-corrected chi connectivity index (χ3v) is 3.02. The van der Waals surface area contributed by atoms with Gasteiger partial charge in [-0.1, -0.05) is 13.8 Å². The van der Waals surface area contributed by atoms with Crippen molar-refractivity contribution in [3.05, 3.63) is 0 Å². The van der Waals surface area contributed by atoms with Crippen LogP contribution in [-0.2, 0) is 0 Å². The molecule has 2 aliphatic heterocycles. The Hall–Kier alpha value is -0.200. The molecule has 2 heterocycles. The lowest BCUT2D eigenvalue weighted by molar-refractivity contribution is 0.106. The highest BCUT2D eigenvalue weighted by Crippen LogP contribution is 2.11. The van der Waals surface area contributed by atoms with E-state index < -0.39 is 0 Å². The average Bonchev–Trinajstić information content (AvgIpc) is 2.71. The van der Waals surface area contributed by atoms with E-state index in [4.69, 9.17) is 0 Å². The Kier molecular flexibility index (Phi) is 3.93. The maximum atomic E-state index is 3.58. The van der Waals surface area contributed by atoms with Gasteiger partial charge >= 0.3 is 0 Å². The van der Waals surface area contributed by atoms with Crippen LogP contribution in [0.25, 0.3) is 0 Å². The first-order valence-electron chi connectivity index (χ1n) is 5.96. The van der Waals surface area contributed by atoms with Crippen LogP contribution >= 0.6 is 0 Å². The highest BCUT2D eigenvalue weighted by molar-refractivity contribution is 4.82. The number of rotatable bonds is 3. The molecule has 0 saturated carbocycles. The molecule has 2 atom stereocenters. The molecular weight excluding hydrogens is 190 g/mol. The SMILES string of the molecule is CC(C)NC1CCC(N2CNCN2)NC1. The van der Waals surface area contributed by atoms with E-state index in [0.717, 1.165) is 19.9 Å². The summed E-state index contributed by atoms with van der Waals surface area (Å²) < 4.78 is 0. The van der Waals surface area contributed by atoms with Gasteiger partial charge in [-0.2, -0.15) is 0 Å². The van der Waals surface area contributed by atoms with Crippen LogP contribution in [0.1, 0.15) is 26.7 Å². The molecule has 0 aromatic carbocycles. The van der Waals surface area contributed by atoms with Gasteiger partial charge in [0.2, 0.25) is 0 Å². The maximum absolute atomic E-state index is 3.58. The number of hydrazine groups is 1. The van der Waals surface area contributed by atoms with Gasteiger partial charge in [0.25, 0.3) is 0 Å². The van der Waals surface area contributed by atoms with Crippen LogP contribution in [0.3, 0.4) is 0 Å². The molecule has 5 nitrogen and oxygen atoms in total. The fraction of sp³-hybridized carbons (Fsp3) is 1.00. The molecule has 0 aromatic rings. The van der Waals surface area contributed by atoms with E-state index in [-0.39, 0.29) is 0 Å². The second-order valence-corrected chi connectivity index (χ2v) is 4.73. The summed E-state index contributed by atoms with van der Waals surface area (Å²) in [6.45, 7) is 7.32. The molecule has 5 heteroatoms. The summed E-state index contributed by atoms with van der Waals surface area (Å²) in [6, 6.07) is 1.22. The molecule has 2 fully saturated rings. The van der Waals surface area contributed by atoms with Crippen molar-refractivity contribution in [3.8, 4) is 0 Å². The van der Waals surface area contributed by atoms with E-state index >= 15 is 0 Å². The fourth-order valence-electron chi connectivity index (χ4n) is 2.33. The molecule has 0 aromatic heterocycles. The van der Waals surface area contributed by atoms with Crippen molar-refractivity contribution in [2.24, 2.45) is 0 Å². The van der Waals surface area contributed by atoms with Crippen molar-refractivity contribution in [2.45, 2.75) is 44.9 Å². The first kappa shape index (κ1) is 11.3. The van der Waals surface area contributed by atoms with Gasteiger partial charge in [-0.15, -0.1) is 0 Å². The van der Waals surface area contributed by atoms with E-state index in [0.29, 0.717) is 18.2 Å². The van der Waals surface area contributed by atoms with Gasteiger partial charge in [-0.25, -0.2) is 10.4 Å². The Bertz CT molecular complexity index is 182. The molecule has 2 rings (SSSR count). The molecular formula is C10H23N5. The van der Waals surface area contributed by atoms with Crippen LogP contribution in [0.15, 0.2) is 0 Å². The molecule has 2 saturated heterocycles. The number of nitrogens with one attached hydrogen (secondary N) is 4. The quantitative estimate of drug-likeness (QED) is 0.504. The predicted octanol–water partition coefficient (Wildman–Crippen LogP) is -0.613. The van der Waals surface area contributed by atoms with Crippen LogP contribution < -0.4 is 21.4 Å². The van der Waals surface area contributed by atoms with E-state index in [1.165, 1.54) is 12.8 Å². The van der Waals surface area contributed by atoms with Gasteiger partial charge in [0, 0.05) is 18.6 Å². The van der Waals surface area contributed by atoms with Crippen molar-refractivity contribution in [1.82, 2.24) is 26.4 Å². The lowest BCUT2D eigenvalue weighted by Crippen LogP contribution is -2.57. The van der Waals surface area contributed by atoms with E-state index in [1.54, 1.807) is 0 Å². The summed E-state index contributed by atoms with van der Waals surface area (Å²) in [7, 11) is 0. The van der Waals surface area contributed by atoms with Gasteiger partial charge in [0.15, 0.2) is 0 Å². The molecule has 2 aliphatic rings. The molecule has 88 valence electrons. The van der Waals surface area contributed by atoms with Crippen LogP contribution in [-0.4, -0.2) is 43.1 Å². The minimum absolute atomic E-state index is 0.491. The zero-order valence-electron chi connectivity index (χ0n) is 9.71. The van der Waals surface area contributed by atoms with Crippen LogP contribution in [0, 0.1) is 0 Å². The van der Waals surface area contributed by atoms with Gasteiger partial charge in [-0.05, 0) is 12.8 Å². The molecule has 0 bridgehead atoms. The van der Waals surface area contributed by atoms with Gasteiger partial charge in [-0.3, -0.25) is 10.6 Å². The topological polar surface area (TPSA) is 51.4 Å². The van der Waals surface area contributed by atoms with Crippen molar-refractivity contribution < 1.29 is 0 Å². The number of nitrogens with zero attached hydrogens (tertiary/aromatic N) is 1. The standard InChI is InChI=1S/C10H23N5/c1-8(2)14-9-3-4-10(12-5-9)15-7-11-6-13-15/h8-14H,3-7H2,1-2H3. The van der Waals surface area contributed by atoms with Crippen molar-refractivity contribution in [3.63, 3.8) is 0 Å². The smallest absolute Gasteiger partial charge is 0.0749 e. The average molecular weight is 213 g/mol. The largest absolute Gasteiger partial charge is 0.311 e. The third kappa shape index (κ3) is 3.12. The van der Waals surface area contributed by atoms with Gasteiger partial charge in [0.1, 0.15) is 0 Å². The summed E-state index contributed by atoms with van der Waals surface area (Å²) in [4.78, 5) is 0. The summed E-state index contributed by atoms with van der Waals surface area (Å²) in [6.07, 6.45) is 2.96. The minimum atomic E-state index is 0.491. The summed E-state index contributed by atoms with van der Waals surface area (Å²) >= 11 is 0. The Balaban J connectivity index is 1.71. The Morgan fingerprint density at radius 3 is 2.73 bits per heavy atom. The third-order valence-electron chi connectivity index (χ3n) is 3.02. The molecule has 0 spiro atoms. The summed E-state index contributed by atoms with van der Waals surface area (Å²) in [5, 5.41) is 12.7. The summed E-state index contributed by atoms with van der Waals surface area (Å²) in [5.41, 5.74) is 3.32. The van der Waals surface area contributed by atoms with Crippen LogP contribution in [0.2, 0.25) is 0 Å². The molecule has 4 N–H and O–H groups in total. The van der Waals surface area contributed by atoms with Gasteiger partial charge in [0.05, 0.1) is 19.5 Å². The van der Waals surface area contributed by atoms with E-state index in [9.17, 15) is 0 Å². The minimum Gasteiger partial charge on any atom is -0.311 e.